The van der Waals surface area contributed by atoms with Gasteiger partial charge < -0.3 is 5.32 Å². The Morgan fingerprint density at radius 3 is 1.59 bits per heavy atom. The van der Waals surface area contributed by atoms with Crippen molar-refractivity contribution in [3.63, 3.8) is 0 Å². The summed E-state index contributed by atoms with van der Waals surface area (Å²) in [6.45, 7) is 0. The number of aromatic nitrogens is 3. The highest BCUT2D eigenvalue weighted by atomic mass is 35.6. The van der Waals surface area contributed by atoms with Crippen LogP contribution in [-0.2, 0) is 7.59 Å². The van der Waals surface area contributed by atoms with E-state index in [-0.39, 0.29) is 17.6 Å². The van der Waals surface area contributed by atoms with Gasteiger partial charge in [0.05, 0.1) is 0 Å². The van der Waals surface area contributed by atoms with Crippen molar-refractivity contribution >= 4 is 92.8 Å². The van der Waals surface area contributed by atoms with Crippen LogP contribution in [0.15, 0.2) is 24.3 Å². The summed E-state index contributed by atoms with van der Waals surface area (Å²) in [5.41, 5.74) is 0.640. The Morgan fingerprint density at radius 2 is 1.18 bits per heavy atom. The number of halogens is 7. The van der Waals surface area contributed by atoms with Gasteiger partial charge in [0.1, 0.15) is 0 Å². The number of nitrogens with one attached hydrogen (secondary N) is 1. The molecule has 1 heterocycles. The van der Waals surface area contributed by atoms with Crippen LogP contribution in [0.5, 0.6) is 0 Å². The van der Waals surface area contributed by atoms with E-state index < -0.39 is 7.59 Å². The molecular formula is C11H5Cl7N4. The lowest BCUT2D eigenvalue weighted by Crippen LogP contribution is -2.17. The van der Waals surface area contributed by atoms with Gasteiger partial charge in [-0.05, 0) is 24.3 Å². The van der Waals surface area contributed by atoms with Gasteiger partial charge in [0, 0.05) is 10.7 Å². The van der Waals surface area contributed by atoms with Crippen molar-refractivity contribution in [3.8, 4) is 0 Å². The van der Waals surface area contributed by atoms with Gasteiger partial charge in [-0.25, -0.2) is 4.98 Å². The lowest BCUT2D eigenvalue weighted by atomic mass is 10.3. The zero-order valence-electron chi connectivity index (χ0n) is 10.3. The molecule has 0 aliphatic heterocycles. The summed E-state index contributed by atoms with van der Waals surface area (Å²) in [6, 6.07) is 6.76. The summed E-state index contributed by atoms with van der Waals surface area (Å²) in [6.07, 6.45) is 0. The molecule has 0 radical (unpaired) electrons. The summed E-state index contributed by atoms with van der Waals surface area (Å²) in [4.78, 5) is 11.9. The maximum Gasteiger partial charge on any atom is 0.250 e. The zero-order valence-corrected chi connectivity index (χ0v) is 15.6. The molecule has 0 aliphatic carbocycles. The number of anilines is 2. The van der Waals surface area contributed by atoms with Crippen molar-refractivity contribution in [2.75, 3.05) is 5.32 Å². The first kappa shape index (κ1) is 18.4. The summed E-state index contributed by atoms with van der Waals surface area (Å²) < 4.78 is -3.80. The minimum absolute atomic E-state index is 0.0555. The standard InChI is InChI=1S/C11H5Cl7N4/c12-5-1-3-6(4-2-5)19-9-21-7(10(13,14)15)20-8(22-9)11(16,17)18/h1-4H,(H,19,20,21,22). The Bertz CT molecular complexity index is 631. The largest absolute Gasteiger partial charge is 0.324 e. The molecule has 0 unspecified atom stereocenters. The first-order chi connectivity index (χ1) is 10.1. The molecule has 0 atom stereocenters. The Balaban J connectivity index is 2.44. The molecule has 2 rings (SSSR count). The highest BCUT2D eigenvalue weighted by Crippen LogP contribution is 2.40. The third-order valence-corrected chi connectivity index (χ3v) is 3.51. The molecule has 1 aromatic carbocycles. The van der Waals surface area contributed by atoms with E-state index >= 15 is 0 Å². The van der Waals surface area contributed by atoms with Crippen LogP contribution in [0, 0.1) is 0 Å². The molecule has 0 saturated carbocycles. The minimum atomic E-state index is -1.90. The van der Waals surface area contributed by atoms with Crippen molar-refractivity contribution in [1.29, 1.82) is 0 Å². The van der Waals surface area contributed by atoms with Crippen LogP contribution in [-0.4, -0.2) is 15.0 Å². The van der Waals surface area contributed by atoms with Crippen LogP contribution >= 0.6 is 81.2 Å². The molecule has 1 aromatic heterocycles. The van der Waals surface area contributed by atoms with E-state index in [2.05, 4.69) is 20.3 Å². The van der Waals surface area contributed by atoms with Gasteiger partial charge in [0.2, 0.25) is 13.5 Å². The second-order valence-electron chi connectivity index (χ2n) is 3.93. The van der Waals surface area contributed by atoms with Gasteiger partial charge in [0.25, 0.3) is 0 Å². The fraction of sp³-hybridized carbons (Fsp3) is 0.182. The molecule has 11 heteroatoms. The fourth-order valence-electron chi connectivity index (χ4n) is 1.35. The molecule has 0 fully saturated rings. The van der Waals surface area contributed by atoms with Gasteiger partial charge in [-0.3, -0.25) is 0 Å². The number of benzene rings is 1. The second-order valence-corrected chi connectivity index (χ2v) is 8.93. The van der Waals surface area contributed by atoms with Gasteiger partial charge in [-0.1, -0.05) is 81.2 Å². The molecule has 1 N–H and O–H groups in total. The first-order valence-electron chi connectivity index (χ1n) is 5.49. The lowest BCUT2D eigenvalue weighted by molar-refractivity contribution is 0.851. The summed E-state index contributed by atoms with van der Waals surface area (Å²) in [7, 11) is 0. The Kier molecular flexibility index (Phi) is 5.77. The average molecular weight is 441 g/mol. The van der Waals surface area contributed by atoms with Gasteiger partial charge in [-0.15, -0.1) is 0 Å². The van der Waals surface area contributed by atoms with Crippen molar-refractivity contribution in [1.82, 2.24) is 15.0 Å². The quantitative estimate of drug-likeness (QED) is 0.588. The molecule has 4 nitrogen and oxygen atoms in total. The van der Waals surface area contributed by atoms with E-state index in [0.717, 1.165) is 0 Å². The minimum Gasteiger partial charge on any atom is -0.324 e. The van der Waals surface area contributed by atoms with Gasteiger partial charge in [-0.2, -0.15) is 9.97 Å². The molecule has 0 aliphatic rings. The number of hydrogen-bond acceptors (Lipinski definition) is 4. The smallest absolute Gasteiger partial charge is 0.250 e. The van der Waals surface area contributed by atoms with Crippen LogP contribution in [0.3, 0.4) is 0 Å². The van der Waals surface area contributed by atoms with Crippen molar-refractivity contribution in [2.24, 2.45) is 0 Å². The summed E-state index contributed by atoms with van der Waals surface area (Å²) >= 11 is 40.5. The lowest BCUT2D eigenvalue weighted by Gasteiger charge is -2.16. The second kappa shape index (κ2) is 6.89. The molecule has 0 saturated heterocycles. The van der Waals surface area contributed by atoms with Crippen molar-refractivity contribution < 1.29 is 0 Å². The van der Waals surface area contributed by atoms with Crippen LogP contribution in [0.2, 0.25) is 5.02 Å². The zero-order chi connectivity index (χ0) is 16.5. The first-order valence-corrected chi connectivity index (χ1v) is 8.13. The molecule has 118 valence electrons. The van der Waals surface area contributed by atoms with E-state index in [4.69, 9.17) is 81.2 Å². The van der Waals surface area contributed by atoms with Crippen molar-refractivity contribution in [3.05, 3.63) is 40.9 Å². The van der Waals surface area contributed by atoms with Crippen molar-refractivity contribution in [2.45, 2.75) is 7.59 Å². The molecule has 0 bridgehead atoms. The van der Waals surface area contributed by atoms with E-state index in [1.165, 1.54) is 0 Å². The Labute approximate surface area is 161 Å². The van der Waals surface area contributed by atoms with Crippen LogP contribution in [0.1, 0.15) is 11.6 Å². The number of alkyl halides is 6. The third-order valence-electron chi connectivity index (χ3n) is 2.24. The normalized spacial score (nSPS) is 12.3. The summed E-state index contributed by atoms with van der Waals surface area (Å²) in [5, 5.41) is 3.46. The number of hydrogen-bond donors (Lipinski definition) is 1. The fourth-order valence-corrected chi connectivity index (χ4v) is 1.98. The maximum absolute atomic E-state index is 5.81. The SMILES string of the molecule is Clc1ccc(Nc2nc(C(Cl)(Cl)Cl)nc(C(Cl)(Cl)Cl)n2)cc1. The van der Waals surface area contributed by atoms with Crippen LogP contribution in [0.25, 0.3) is 0 Å². The topological polar surface area (TPSA) is 50.7 Å². The Hall–Kier alpha value is 0.0600. The molecule has 0 amide bonds. The Morgan fingerprint density at radius 1 is 0.727 bits per heavy atom. The van der Waals surface area contributed by atoms with Gasteiger partial charge in [0.15, 0.2) is 11.6 Å². The average Bonchev–Trinajstić information content (AvgIpc) is 2.39. The van der Waals surface area contributed by atoms with E-state index in [1.807, 2.05) is 0 Å². The monoisotopic (exact) mass is 438 g/mol. The maximum atomic E-state index is 5.81. The van der Waals surface area contributed by atoms with E-state index in [1.54, 1.807) is 24.3 Å². The van der Waals surface area contributed by atoms with E-state index in [0.29, 0.717) is 10.7 Å². The molecule has 2 aromatic rings. The predicted molar refractivity (Wildman–Crippen MR) is 93.0 cm³/mol. The van der Waals surface area contributed by atoms with E-state index in [9.17, 15) is 0 Å². The molecule has 0 spiro atoms. The van der Waals surface area contributed by atoms with Gasteiger partial charge >= 0.3 is 0 Å². The summed E-state index contributed by atoms with van der Waals surface area (Å²) in [5.74, 6) is -0.296. The highest BCUT2D eigenvalue weighted by molar-refractivity contribution is 6.67. The predicted octanol–water partition coefficient (Wildman–Crippen LogP) is 5.92. The van der Waals surface area contributed by atoms with Crippen LogP contribution in [0.4, 0.5) is 11.6 Å². The van der Waals surface area contributed by atoms with Crippen LogP contribution < -0.4 is 5.32 Å². The number of rotatable bonds is 2. The molecular weight excluding hydrogens is 436 g/mol. The number of nitrogens with zero attached hydrogens (tertiary/aromatic N) is 3. The molecule has 22 heavy (non-hydrogen) atoms. The highest BCUT2D eigenvalue weighted by Gasteiger charge is 2.33. The third kappa shape index (κ3) is 5.03.